The molecular weight excluding hydrogens is 606 g/mol. The molecule has 0 saturated carbocycles. The number of allylic oxidation sites excluding steroid dienone is 1. The first-order valence-corrected chi connectivity index (χ1v) is 15.2. The van der Waals surface area contributed by atoms with Crippen molar-refractivity contribution in [2.45, 2.75) is 69.4 Å². The van der Waals surface area contributed by atoms with Crippen LogP contribution in [-0.2, 0) is 28.7 Å². The highest BCUT2D eigenvalue weighted by Gasteiger charge is 2.75. The minimum atomic E-state index is -1.38. The third kappa shape index (κ3) is 5.42. The highest BCUT2D eigenvalue weighted by atomic mass is 79.9. The van der Waals surface area contributed by atoms with Crippen LogP contribution in [0.5, 0.6) is 0 Å². The van der Waals surface area contributed by atoms with Gasteiger partial charge in [0.1, 0.15) is 29.8 Å². The summed E-state index contributed by atoms with van der Waals surface area (Å²) in [6.07, 6.45) is 4.89. The Kier molecular flexibility index (Phi) is 8.65. The Morgan fingerprint density at radius 1 is 1.10 bits per heavy atom. The van der Waals surface area contributed by atoms with Crippen LogP contribution in [0.1, 0.15) is 51.7 Å². The molecule has 10 nitrogen and oxygen atoms in total. The van der Waals surface area contributed by atoms with Gasteiger partial charge in [0.05, 0.1) is 12.5 Å². The van der Waals surface area contributed by atoms with Gasteiger partial charge in [-0.15, -0.1) is 0 Å². The minimum absolute atomic E-state index is 0.0683. The minimum Gasteiger partial charge on any atom is -0.455 e. The maximum absolute atomic E-state index is 14.5. The van der Waals surface area contributed by atoms with Crippen molar-refractivity contribution in [3.8, 4) is 0 Å². The van der Waals surface area contributed by atoms with Gasteiger partial charge in [-0.25, -0.2) is 0 Å². The molecule has 0 unspecified atom stereocenters. The number of halogens is 1. The smallest absolute Gasteiger partial charge is 0.313 e. The summed E-state index contributed by atoms with van der Waals surface area (Å²) in [5.41, 5.74) is -1.29. The number of aliphatic hydroxyl groups is 1. The Labute approximate surface area is 254 Å². The SMILES string of the molecule is CC(C)(C)N1C/C=C\CCC(=O)NC[C@H](c2ccccc2)OC(=O)[C@H]2[C@@H]3O[C@@]4(C=C3Br)[C@@H]2C(=O)N(CCCO)[C@@H]4C1=O. The molecule has 3 amide bonds. The second-order valence-electron chi connectivity index (χ2n) is 12.2. The summed E-state index contributed by atoms with van der Waals surface area (Å²) < 4.78 is 13.1. The number of cyclic esters (lactones) is 1. The lowest BCUT2D eigenvalue weighted by Gasteiger charge is -2.41. The van der Waals surface area contributed by atoms with Crippen LogP contribution in [0.2, 0.25) is 0 Å². The second-order valence-corrected chi connectivity index (χ2v) is 13.1. The molecule has 226 valence electrons. The van der Waals surface area contributed by atoms with Gasteiger partial charge in [0.25, 0.3) is 0 Å². The number of amides is 3. The van der Waals surface area contributed by atoms with Gasteiger partial charge in [0.15, 0.2) is 0 Å². The number of rotatable bonds is 4. The van der Waals surface area contributed by atoms with E-state index in [1.807, 2.05) is 63.3 Å². The van der Waals surface area contributed by atoms with Crippen LogP contribution in [0.4, 0.5) is 0 Å². The fourth-order valence-corrected chi connectivity index (χ4v) is 7.25. The first-order valence-electron chi connectivity index (χ1n) is 14.5. The lowest BCUT2D eigenvalue weighted by atomic mass is 9.74. The molecule has 42 heavy (non-hydrogen) atoms. The number of aliphatic hydroxyl groups excluding tert-OH is 1. The van der Waals surface area contributed by atoms with E-state index in [-0.39, 0.29) is 56.8 Å². The van der Waals surface area contributed by atoms with Gasteiger partial charge in [-0.1, -0.05) is 58.4 Å². The number of carbonyl (C=O) groups is 4. The number of nitrogens with one attached hydrogen (secondary N) is 1. The number of carbonyl (C=O) groups excluding carboxylic acids is 4. The summed E-state index contributed by atoms with van der Waals surface area (Å²) >= 11 is 3.56. The van der Waals surface area contributed by atoms with E-state index in [2.05, 4.69) is 21.2 Å². The number of nitrogens with zero attached hydrogens (tertiary/aromatic N) is 2. The van der Waals surface area contributed by atoms with Crippen molar-refractivity contribution >= 4 is 39.6 Å². The predicted molar refractivity (Wildman–Crippen MR) is 157 cm³/mol. The summed E-state index contributed by atoms with van der Waals surface area (Å²) in [4.78, 5) is 58.5. The van der Waals surface area contributed by atoms with E-state index in [4.69, 9.17) is 9.47 Å². The molecule has 4 heterocycles. The molecule has 0 aromatic heterocycles. The van der Waals surface area contributed by atoms with Gasteiger partial charge in [-0.05, 0) is 45.3 Å². The van der Waals surface area contributed by atoms with Crippen molar-refractivity contribution in [2.24, 2.45) is 11.8 Å². The van der Waals surface area contributed by atoms with E-state index < -0.39 is 47.2 Å². The van der Waals surface area contributed by atoms with Gasteiger partial charge in [0.2, 0.25) is 17.7 Å². The summed E-state index contributed by atoms with van der Waals surface area (Å²) in [6, 6.07) is 8.09. The van der Waals surface area contributed by atoms with Crippen LogP contribution >= 0.6 is 15.9 Å². The Morgan fingerprint density at radius 2 is 1.83 bits per heavy atom. The Bertz CT molecular complexity index is 1290. The molecule has 5 bridgehead atoms. The Hall–Kier alpha value is -3.02. The average molecular weight is 645 g/mol. The molecule has 2 fully saturated rings. The second kappa shape index (κ2) is 11.9. The third-order valence-electron chi connectivity index (χ3n) is 8.47. The zero-order chi connectivity index (χ0) is 30.2. The third-order valence-corrected chi connectivity index (χ3v) is 9.15. The highest BCUT2D eigenvalue weighted by Crippen LogP contribution is 2.59. The largest absolute Gasteiger partial charge is 0.455 e. The zero-order valence-corrected chi connectivity index (χ0v) is 25.7. The first kappa shape index (κ1) is 30.4. The van der Waals surface area contributed by atoms with Crippen molar-refractivity contribution in [3.05, 3.63) is 58.6 Å². The van der Waals surface area contributed by atoms with E-state index in [9.17, 15) is 24.3 Å². The number of benzene rings is 1. The molecular formula is C31H38BrN3O7. The van der Waals surface area contributed by atoms with Crippen molar-refractivity contribution < 1.29 is 33.8 Å². The fraction of sp³-hybridized carbons (Fsp3) is 0.548. The molecule has 2 saturated heterocycles. The lowest BCUT2D eigenvalue weighted by Crippen LogP contribution is -2.59. The van der Waals surface area contributed by atoms with Crippen LogP contribution in [0.15, 0.2) is 53.0 Å². The summed E-state index contributed by atoms with van der Waals surface area (Å²) in [6.45, 7) is 6.06. The quantitative estimate of drug-likeness (QED) is 0.382. The predicted octanol–water partition coefficient (Wildman–Crippen LogP) is 2.62. The molecule has 4 aliphatic rings. The van der Waals surface area contributed by atoms with Crippen molar-refractivity contribution in [1.29, 1.82) is 0 Å². The van der Waals surface area contributed by atoms with E-state index in [1.54, 1.807) is 11.0 Å². The number of likely N-dealkylation sites (tertiary alicyclic amines) is 1. The van der Waals surface area contributed by atoms with Gasteiger partial charge < -0.3 is 29.7 Å². The number of hydrogen-bond donors (Lipinski definition) is 2. The highest BCUT2D eigenvalue weighted by molar-refractivity contribution is 9.11. The summed E-state index contributed by atoms with van der Waals surface area (Å²) in [5.74, 6) is -3.50. The van der Waals surface area contributed by atoms with Crippen molar-refractivity contribution in [1.82, 2.24) is 15.1 Å². The molecule has 1 aromatic carbocycles. The normalized spacial score (nSPS) is 32.9. The summed E-state index contributed by atoms with van der Waals surface area (Å²) in [7, 11) is 0. The number of hydrogen-bond acceptors (Lipinski definition) is 7. The van der Waals surface area contributed by atoms with Gasteiger partial charge in [-0.2, -0.15) is 0 Å². The molecule has 6 atom stereocenters. The Morgan fingerprint density at radius 3 is 2.52 bits per heavy atom. The summed E-state index contributed by atoms with van der Waals surface area (Å²) in [5, 5.41) is 12.5. The number of esters is 1. The molecule has 1 spiro atoms. The van der Waals surface area contributed by atoms with Crippen LogP contribution in [-0.4, -0.2) is 88.1 Å². The number of fused-ring (bicyclic) bond motifs is 2. The molecule has 11 heteroatoms. The monoisotopic (exact) mass is 643 g/mol. The van der Waals surface area contributed by atoms with Gasteiger partial charge in [0, 0.05) is 36.1 Å². The van der Waals surface area contributed by atoms with Gasteiger partial charge in [-0.3, -0.25) is 19.2 Å². The molecule has 0 aliphatic carbocycles. The van der Waals surface area contributed by atoms with E-state index in [0.29, 0.717) is 16.5 Å². The van der Waals surface area contributed by atoms with Crippen molar-refractivity contribution in [3.63, 3.8) is 0 Å². The first-order chi connectivity index (χ1) is 20.0. The van der Waals surface area contributed by atoms with Gasteiger partial charge >= 0.3 is 5.97 Å². The number of ether oxygens (including phenoxy) is 2. The molecule has 5 rings (SSSR count). The standard InChI is InChI=1S/C31H38BrN3O7/c1-30(2,3)35-15-9-5-8-13-22(37)33-18-21(19-11-6-4-7-12-19)41-29(40)23-24-27(38)34(14-10-16-36)26(28(35)39)31(24)17-20(32)25(23)42-31/h4-7,9,11-12,17,21,23-26,36H,8,10,13-16,18H2,1-3H3,(H,33,37)/b9-5-/t21-,23-,24+,25-,26-,31+/m1/s1. The fourth-order valence-electron chi connectivity index (χ4n) is 6.51. The van der Waals surface area contributed by atoms with Crippen LogP contribution in [0.25, 0.3) is 0 Å². The maximum Gasteiger partial charge on any atom is 0.313 e. The van der Waals surface area contributed by atoms with E-state index in [1.165, 1.54) is 4.90 Å². The topological polar surface area (TPSA) is 125 Å². The molecule has 4 aliphatic heterocycles. The van der Waals surface area contributed by atoms with Crippen LogP contribution < -0.4 is 5.32 Å². The van der Waals surface area contributed by atoms with Crippen LogP contribution in [0.3, 0.4) is 0 Å². The average Bonchev–Trinajstić information content (AvgIpc) is 3.53. The van der Waals surface area contributed by atoms with E-state index in [0.717, 1.165) is 0 Å². The Balaban J connectivity index is 1.60. The molecule has 1 aromatic rings. The van der Waals surface area contributed by atoms with Crippen molar-refractivity contribution in [2.75, 3.05) is 26.2 Å². The zero-order valence-electron chi connectivity index (χ0n) is 24.1. The molecule has 2 N–H and O–H groups in total. The maximum atomic E-state index is 14.5. The lowest BCUT2D eigenvalue weighted by molar-refractivity contribution is -0.160. The van der Waals surface area contributed by atoms with E-state index >= 15 is 0 Å². The van der Waals surface area contributed by atoms with Crippen LogP contribution in [0, 0.1) is 11.8 Å². The molecule has 0 radical (unpaired) electrons.